The van der Waals surface area contributed by atoms with Crippen molar-refractivity contribution >= 4 is 16.6 Å². The van der Waals surface area contributed by atoms with Gasteiger partial charge in [0.25, 0.3) is 0 Å². The highest BCUT2D eigenvalue weighted by Gasteiger charge is 2.26. The van der Waals surface area contributed by atoms with E-state index in [1.807, 2.05) is 0 Å². The first-order chi connectivity index (χ1) is 15.7. The summed E-state index contributed by atoms with van der Waals surface area (Å²) in [7, 11) is 1.73. The largest absolute Gasteiger partial charge is 0.493 e. The fourth-order valence-corrected chi connectivity index (χ4v) is 5.44. The van der Waals surface area contributed by atoms with Gasteiger partial charge in [0.05, 0.1) is 25.8 Å². The fourth-order valence-electron chi connectivity index (χ4n) is 5.44. The van der Waals surface area contributed by atoms with E-state index in [0.717, 1.165) is 74.4 Å². The summed E-state index contributed by atoms with van der Waals surface area (Å²) in [6.07, 6.45) is 6.96. The van der Waals surface area contributed by atoms with Gasteiger partial charge in [-0.2, -0.15) is 0 Å². The van der Waals surface area contributed by atoms with Crippen molar-refractivity contribution in [3.8, 4) is 11.5 Å². The molecule has 1 aromatic carbocycles. The molecule has 2 aliphatic heterocycles. The van der Waals surface area contributed by atoms with Crippen LogP contribution in [0.1, 0.15) is 43.9 Å². The molecule has 1 N–H and O–H groups in total. The molecular formula is C26H37N3O3. The topological polar surface area (TPSA) is 55.9 Å². The van der Waals surface area contributed by atoms with Gasteiger partial charge in [-0.15, -0.1) is 0 Å². The number of nitrogens with one attached hydrogen (secondary N) is 1. The number of benzene rings is 1. The van der Waals surface area contributed by atoms with Crippen LogP contribution >= 0.6 is 0 Å². The van der Waals surface area contributed by atoms with E-state index in [4.69, 9.17) is 19.2 Å². The van der Waals surface area contributed by atoms with Crippen LogP contribution in [0.25, 0.3) is 10.9 Å². The number of hydrogen-bond donors (Lipinski definition) is 1. The number of methoxy groups -OCH3 is 1. The zero-order valence-corrected chi connectivity index (χ0v) is 19.6. The second-order valence-electron chi connectivity index (χ2n) is 9.81. The summed E-state index contributed by atoms with van der Waals surface area (Å²) in [4.78, 5) is 7.59. The second kappa shape index (κ2) is 9.84. The Morgan fingerprint density at radius 2 is 2.06 bits per heavy atom. The Kier molecular flexibility index (Phi) is 6.69. The van der Waals surface area contributed by atoms with E-state index in [-0.39, 0.29) is 0 Å². The van der Waals surface area contributed by atoms with E-state index in [2.05, 4.69) is 29.3 Å². The lowest BCUT2D eigenvalue weighted by atomic mass is 10.0. The highest BCUT2D eigenvalue weighted by molar-refractivity contribution is 5.96. The summed E-state index contributed by atoms with van der Waals surface area (Å²) in [5, 5.41) is 4.92. The lowest BCUT2D eigenvalue weighted by Crippen LogP contribution is -2.21. The number of rotatable bonds is 9. The first kappa shape index (κ1) is 21.8. The van der Waals surface area contributed by atoms with Crippen LogP contribution in [0.15, 0.2) is 12.1 Å². The van der Waals surface area contributed by atoms with Gasteiger partial charge >= 0.3 is 0 Å². The maximum absolute atomic E-state index is 6.19. The maximum atomic E-state index is 6.19. The molecule has 0 amide bonds. The van der Waals surface area contributed by atoms with Crippen LogP contribution in [0, 0.1) is 11.8 Å². The van der Waals surface area contributed by atoms with E-state index in [1.54, 1.807) is 7.11 Å². The molecule has 2 saturated heterocycles. The molecule has 2 atom stereocenters. The minimum absolute atomic E-state index is 0.577. The lowest BCUT2D eigenvalue weighted by molar-refractivity contribution is 0.187. The van der Waals surface area contributed by atoms with Crippen molar-refractivity contribution in [3.63, 3.8) is 0 Å². The predicted molar refractivity (Wildman–Crippen MR) is 128 cm³/mol. The summed E-state index contributed by atoms with van der Waals surface area (Å²) < 4.78 is 17.5. The molecule has 3 aliphatic rings. The molecule has 1 aromatic heterocycles. The number of likely N-dealkylation sites (tertiary alicyclic amines) is 1. The molecule has 3 heterocycles. The molecule has 1 aliphatic carbocycles. The van der Waals surface area contributed by atoms with Crippen LogP contribution < -0.4 is 14.8 Å². The van der Waals surface area contributed by atoms with Gasteiger partial charge in [0.1, 0.15) is 0 Å². The van der Waals surface area contributed by atoms with Crippen LogP contribution in [0.2, 0.25) is 0 Å². The van der Waals surface area contributed by atoms with E-state index in [0.29, 0.717) is 18.4 Å². The van der Waals surface area contributed by atoms with E-state index < -0.39 is 0 Å². The third-order valence-electron chi connectivity index (χ3n) is 7.22. The third kappa shape index (κ3) is 4.67. The van der Waals surface area contributed by atoms with Gasteiger partial charge in [0.2, 0.25) is 0 Å². The van der Waals surface area contributed by atoms with Crippen molar-refractivity contribution < 1.29 is 14.2 Å². The van der Waals surface area contributed by atoms with E-state index in [1.165, 1.54) is 42.9 Å². The zero-order valence-electron chi connectivity index (χ0n) is 19.6. The summed E-state index contributed by atoms with van der Waals surface area (Å²) in [5.74, 6) is 2.80. The molecule has 0 bridgehead atoms. The Balaban J connectivity index is 1.38. The van der Waals surface area contributed by atoms with Crippen LogP contribution in [0.5, 0.6) is 11.5 Å². The first-order valence-corrected chi connectivity index (χ1v) is 12.4. The molecule has 0 saturated carbocycles. The summed E-state index contributed by atoms with van der Waals surface area (Å²) in [6, 6.07) is 4.20. The van der Waals surface area contributed by atoms with Gasteiger partial charge in [-0.25, -0.2) is 0 Å². The molecule has 0 spiro atoms. The molecule has 174 valence electrons. The average molecular weight is 440 g/mol. The summed E-state index contributed by atoms with van der Waals surface area (Å²) in [6.45, 7) is 9.27. The quantitative estimate of drug-likeness (QED) is 0.588. The third-order valence-corrected chi connectivity index (χ3v) is 7.22. The number of ether oxygens (including phenoxy) is 3. The lowest BCUT2D eigenvalue weighted by Gasteiger charge is -2.19. The SMILES string of the molecule is COc1cc2c(NC[C@@H]3CCOC3)c3c(nc2cc1OCCCN1CCCC1)CC(C)C3. The molecular weight excluding hydrogens is 402 g/mol. The molecule has 5 rings (SSSR count). The highest BCUT2D eigenvalue weighted by Crippen LogP contribution is 2.41. The van der Waals surface area contributed by atoms with Gasteiger partial charge < -0.3 is 24.4 Å². The number of nitrogens with zero attached hydrogens (tertiary/aromatic N) is 2. The van der Waals surface area contributed by atoms with Crippen LogP contribution in [-0.2, 0) is 17.6 Å². The van der Waals surface area contributed by atoms with Crippen molar-refractivity contribution in [3.05, 3.63) is 23.4 Å². The van der Waals surface area contributed by atoms with Crippen LogP contribution in [0.3, 0.4) is 0 Å². The van der Waals surface area contributed by atoms with Gasteiger partial charge in [-0.3, -0.25) is 4.98 Å². The van der Waals surface area contributed by atoms with Crippen molar-refractivity contribution in [2.75, 3.05) is 58.4 Å². The van der Waals surface area contributed by atoms with E-state index >= 15 is 0 Å². The van der Waals surface area contributed by atoms with Crippen molar-refractivity contribution in [2.45, 2.75) is 45.4 Å². The average Bonchev–Trinajstić information content (AvgIpc) is 3.55. The van der Waals surface area contributed by atoms with Gasteiger partial charge in [0.15, 0.2) is 11.5 Å². The van der Waals surface area contributed by atoms with E-state index in [9.17, 15) is 0 Å². The molecule has 2 fully saturated rings. The highest BCUT2D eigenvalue weighted by atomic mass is 16.5. The van der Waals surface area contributed by atoms with Crippen LogP contribution in [-0.4, -0.2) is 63.0 Å². The summed E-state index contributed by atoms with van der Waals surface area (Å²) >= 11 is 0. The van der Waals surface area contributed by atoms with Crippen LogP contribution in [0.4, 0.5) is 5.69 Å². The first-order valence-electron chi connectivity index (χ1n) is 12.4. The Bertz CT molecular complexity index is 936. The van der Waals surface area contributed by atoms with Crippen molar-refractivity contribution in [2.24, 2.45) is 11.8 Å². The number of anilines is 1. The molecule has 2 aromatic rings. The smallest absolute Gasteiger partial charge is 0.163 e. The maximum Gasteiger partial charge on any atom is 0.163 e. The van der Waals surface area contributed by atoms with Gasteiger partial charge in [-0.05, 0) is 69.2 Å². The molecule has 6 nitrogen and oxygen atoms in total. The Hall–Kier alpha value is -2.05. The predicted octanol–water partition coefficient (Wildman–Crippen LogP) is 4.29. The number of fused-ring (bicyclic) bond motifs is 2. The molecule has 0 radical (unpaired) electrons. The van der Waals surface area contributed by atoms with Crippen molar-refractivity contribution in [1.29, 1.82) is 0 Å². The molecule has 6 heteroatoms. The minimum Gasteiger partial charge on any atom is -0.493 e. The number of pyridine rings is 1. The van der Waals surface area contributed by atoms with Gasteiger partial charge in [-0.1, -0.05) is 6.92 Å². The van der Waals surface area contributed by atoms with Gasteiger partial charge in [0, 0.05) is 48.4 Å². The number of aromatic nitrogens is 1. The fraction of sp³-hybridized carbons (Fsp3) is 0.654. The van der Waals surface area contributed by atoms with Crippen molar-refractivity contribution in [1.82, 2.24) is 9.88 Å². The Morgan fingerprint density at radius 3 is 2.84 bits per heavy atom. The summed E-state index contributed by atoms with van der Waals surface area (Å²) in [5.41, 5.74) is 4.85. The Morgan fingerprint density at radius 1 is 1.19 bits per heavy atom. The Labute approximate surface area is 191 Å². The normalized spacial score (nSPS) is 23.1. The number of hydrogen-bond acceptors (Lipinski definition) is 6. The standard InChI is InChI=1S/C26H37N3O3/c1-18-12-20-22(13-18)28-23-15-25(32-10-5-9-29-7-3-4-8-29)24(30-2)14-21(23)26(20)27-16-19-6-11-31-17-19/h14-15,18-19H,3-13,16-17H2,1-2H3,(H,27,28)/t18?,19-/m0/s1. The molecule has 1 unspecified atom stereocenters. The minimum atomic E-state index is 0.577. The monoisotopic (exact) mass is 439 g/mol. The second-order valence-corrected chi connectivity index (χ2v) is 9.81. The molecule has 32 heavy (non-hydrogen) atoms. The zero-order chi connectivity index (χ0) is 21.9.